The van der Waals surface area contributed by atoms with Gasteiger partial charge in [0.1, 0.15) is 0 Å². The number of aliphatic hydroxyl groups excluding tert-OH is 1. The quantitative estimate of drug-likeness (QED) is 0.939. The molecule has 2 aromatic rings. The minimum Gasteiger partial charge on any atom is -0.387 e. The first-order valence-electron chi connectivity index (χ1n) is 7.31. The maximum Gasteiger partial charge on any atom is 0.185 e. The Kier molecular flexibility index (Phi) is 4.36. The van der Waals surface area contributed by atoms with Crippen LogP contribution < -0.4 is 9.80 Å². The second-order valence-electron chi connectivity index (χ2n) is 5.15. The Morgan fingerprint density at radius 3 is 2.52 bits per heavy atom. The summed E-state index contributed by atoms with van der Waals surface area (Å²) in [4.78, 5) is 13.4. The average molecular weight is 304 g/mol. The van der Waals surface area contributed by atoms with E-state index in [-0.39, 0.29) is 0 Å². The fraction of sp³-hybridized carbons (Fsp3) is 0.467. The topological polar surface area (TPSA) is 52.5 Å². The van der Waals surface area contributed by atoms with Gasteiger partial charge in [0.2, 0.25) is 0 Å². The molecule has 0 spiro atoms. The SMILES string of the molecule is CCC(O)c1ccc(N2CCN(c3nccs3)CC2)cn1. The van der Waals surface area contributed by atoms with Crippen molar-refractivity contribution in [2.45, 2.75) is 19.4 Å². The standard InChI is InChI=1S/C15H20N4OS/c1-2-14(20)13-4-3-12(11-17-13)18-6-8-19(9-7-18)15-16-5-10-21-15/h3-5,10-11,14,20H,2,6-9H2,1H3. The van der Waals surface area contributed by atoms with Crippen LogP contribution in [0.25, 0.3) is 0 Å². The lowest BCUT2D eigenvalue weighted by Crippen LogP contribution is -2.46. The van der Waals surface area contributed by atoms with Crippen LogP contribution in [0.2, 0.25) is 0 Å². The number of aliphatic hydroxyl groups is 1. The highest BCUT2D eigenvalue weighted by Crippen LogP contribution is 2.22. The summed E-state index contributed by atoms with van der Waals surface area (Å²) in [7, 11) is 0. The zero-order valence-corrected chi connectivity index (χ0v) is 13.0. The maximum atomic E-state index is 9.78. The summed E-state index contributed by atoms with van der Waals surface area (Å²) in [6.45, 7) is 5.85. The van der Waals surface area contributed by atoms with Crippen molar-refractivity contribution in [3.63, 3.8) is 0 Å². The van der Waals surface area contributed by atoms with Gasteiger partial charge in [-0.2, -0.15) is 0 Å². The molecule has 0 aliphatic carbocycles. The van der Waals surface area contributed by atoms with Crippen LogP contribution in [0.15, 0.2) is 29.9 Å². The van der Waals surface area contributed by atoms with Crippen molar-refractivity contribution in [1.29, 1.82) is 0 Å². The van der Waals surface area contributed by atoms with Gasteiger partial charge in [-0.3, -0.25) is 4.98 Å². The van der Waals surface area contributed by atoms with E-state index in [1.54, 1.807) is 11.3 Å². The van der Waals surface area contributed by atoms with Gasteiger partial charge >= 0.3 is 0 Å². The van der Waals surface area contributed by atoms with Crippen LogP contribution in [0.5, 0.6) is 0 Å². The molecule has 2 aromatic heterocycles. The number of pyridine rings is 1. The molecule has 1 aliphatic rings. The zero-order valence-electron chi connectivity index (χ0n) is 12.1. The third kappa shape index (κ3) is 3.16. The van der Waals surface area contributed by atoms with E-state index in [4.69, 9.17) is 0 Å². The zero-order chi connectivity index (χ0) is 14.7. The lowest BCUT2D eigenvalue weighted by atomic mass is 10.2. The third-order valence-electron chi connectivity index (χ3n) is 3.83. The lowest BCUT2D eigenvalue weighted by molar-refractivity contribution is 0.169. The molecular formula is C15H20N4OS. The lowest BCUT2D eigenvalue weighted by Gasteiger charge is -2.35. The van der Waals surface area contributed by atoms with E-state index in [1.165, 1.54) is 0 Å². The van der Waals surface area contributed by atoms with Crippen LogP contribution in [0, 0.1) is 0 Å². The Labute approximate surface area is 128 Å². The molecule has 1 fully saturated rings. The molecular weight excluding hydrogens is 284 g/mol. The fourth-order valence-electron chi connectivity index (χ4n) is 2.52. The summed E-state index contributed by atoms with van der Waals surface area (Å²) in [6.07, 6.45) is 3.96. The normalized spacial score (nSPS) is 17.0. The number of nitrogens with zero attached hydrogens (tertiary/aromatic N) is 4. The summed E-state index contributed by atoms with van der Waals surface area (Å²) in [5.41, 5.74) is 1.88. The number of thiazole rings is 1. The first kappa shape index (κ1) is 14.3. The number of aromatic nitrogens is 2. The number of hydrogen-bond acceptors (Lipinski definition) is 6. The molecule has 5 nitrogen and oxygen atoms in total. The Morgan fingerprint density at radius 1 is 1.19 bits per heavy atom. The molecule has 3 heterocycles. The molecule has 1 N–H and O–H groups in total. The van der Waals surface area contributed by atoms with E-state index in [1.807, 2.05) is 30.8 Å². The molecule has 0 bridgehead atoms. The van der Waals surface area contributed by atoms with Gasteiger partial charge in [0.15, 0.2) is 5.13 Å². The van der Waals surface area contributed by atoms with Crippen LogP contribution in [-0.2, 0) is 0 Å². The van der Waals surface area contributed by atoms with Gasteiger partial charge in [0.05, 0.1) is 23.7 Å². The molecule has 3 rings (SSSR count). The van der Waals surface area contributed by atoms with Gasteiger partial charge in [-0.15, -0.1) is 11.3 Å². The van der Waals surface area contributed by atoms with E-state index < -0.39 is 6.10 Å². The molecule has 112 valence electrons. The average Bonchev–Trinajstić information content (AvgIpc) is 3.09. The molecule has 1 saturated heterocycles. The van der Waals surface area contributed by atoms with Crippen molar-refractivity contribution in [3.8, 4) is 0 Å². The Morgan fingerprint density at radius 2 is 1.95 bits per heavy atom. The molecule has 0 amide bonds. The van der Waals surface area contributed by atoms with Gasteiger partial charge in [0.25, 0.3) is 0 Å². The molecule has 0 saturated carbocycles. The van der Waals surface area contributed by atoms with Crippen LogP contribution in [0.1, 0.15) is 25.1 Å². The monoisotopic (exact) mass is 304 g/mol. The largest absolute Gasteiger partial charge is 0.387 e. The second-order valence-corrected chi connectivity index (χ2v) is 6.03. The van der Waals surface area contributed by atoms with Crippen LogP contribution >= 0.6 is 11.3 Å². The van der Waals surface area contributed by atoms with Gasteiger partial charge < -0.3 is 14.9 Å². The summed E-state index contributed by atoms with van der Waals surface area (Å²) in [5, 5.41) is 12.9. The van der Waals surface area contributed by atoms with Crippen molar-refractivity contribution >= 4 is 22.2 Å². The second kappa shape index (κ2) is 6.41. The molecule has 1 atom stereocenters. The van der Waals surface area contributed by atoms with Crippen molar-refractivity contribution in [2.75, 3.05) is 36.0 Å². The van der Waals surface area contributed by atoms with Crippen molar-refractivity contribution < 1.29 is 5.11 Å². The first-order chi connectivity index (χ1) is 10.3. The summed E-state index contributed by atoms with van der Waals surface area (Å²) in [5.74, 6) is 0. The smallest absolute Gasteiger partial charge is 0.185 e. The summed E-state index contributed by atoms with van der Waals surface area (Å²) in [6, 6.07) is 3.98. The molecule has 1 unspecified atom stereocenters. The van der Waals surface area contributed by atoms with Gasteiger partial charge in [-0.05, 0) is 18.6 Å². The van der Waals surface area contributed by atoms with E-state index in [2.05, 4.69) is 25.8 Å². The van der Waals surface area contributed by atoms with Gasteiger partial charge in [-0.25, -0.2) is 4.98 Å². The summed E-state index contributed by atoms with van der Waals surface area (Å²) < 4.78 is 0. The van der Waals surface area contributed by atoms with E-state index in [9.17, 15) is 5.11 Å². The fourth-order valence-corrected chi connectivity index (χ4v) is 3.22. The van der Waals surface area contributed by atoms with Gasteiger partial charge in [0, 0.05) is 37.8 Å². The third-order valence-corrected chi connectivity index (χ3v) is 4.67. The van der Waals surface area contributed by atoms with Crippen LogP contribution in [0.4, 0.5) is 10.8 Å². The predicted octanol–water partition coefficient (Wildman–Crippen LogP) is 2.31. The molecule has 0 radical (unpaired) electrons. The summed E-state index contributed by atoms with van der Waals surface area (Å²) >= 11 is 1.69. The number of piperazine rings is 1. The van der Waals surface area contributed by atoms with Crippen LogP contribution in [0.3, 0.4) is 0 Å². The first-order valence-corrected chi connectivity index (χ1v) is 8.19. The highest BCUT2D eigenvalue weighted by Gasteiger charge is 2.19. The highest BCUT2D eigenvalue weighted by molar-refractivity contribution is 7.13. The Balaban J connectivity index is 1.61. The van der Waals surface area contributed by atoms with Crippen LogP contribution in [-0.4, -0.2) is 41.3 Å². The minimum atomic E-state index is -0.458. The van der Waals surface area contributed by atoms with E-state index in [0.717, 1.165) is 42.7 Å². The van der Waals surface area contributed by atoms with Crippen molar-refractivity contribution in [3.05, 3.63) is 35.6 Å². The van der Waals surface area contributed by atoms with Crippen molar-refractivity contribution in [2.24, 2.45) is 0 Å². The maximum absolute atomic E-state index is 9.78. The number of hydrogen-bond donors (Lipinski definition) is 1. The number of anilines is 2. The van der Waals surface area contributed by atoms with Crippen molar-refractivity contribution in [1.82, 2.24) is 9.97 Å². The van der Waals surface area contributed by atoms with E-state index >= 15 is 0 Å². The molecule has 6 heteroatoms. The van der Waals surface area contributed by atoms with Gasteiger partial charge in [-0.1, -0.05) is 6.92 Å². The minimum absolute atomic E-state index is 0.458. The Hall–Kier alpha value is -1.66. The molecule has 0 aromatic carbocycles. The predicted molar refractivity (Wildman–Crippen MR) is 86.0 cm³/mol. The molecule has 21 heavy (non-hydrogen) atoms. The highest BCUT2D eigenvalue weighted by atomic mass is 32.1. The Bertz CT molecular complexity index is 550. The molecule has 1 aliphatic heterocycles. The number of rotatable bonds is 4. The van der Waals surface area contributed by atoms with E-state index in [0.29, 0.717) is 6.42 Å².